The molecule has 1 amide bonds. The number of nitrogens with one attached hydrogen (secondary N) is 1. The first-order chi connectivity index (χ1) is 12.1. The van der Waals surface area contributed by atoms with Gasteiger partial charge in [0.2, 0.25) is 5.91 Å². The molecule has 0 heterocycles. The molecule has 0 radical (unpaired) electrons. The summed E-state index contributed by atoms with van der Waals surface area (Å²) < 4.78 is 5.27. The second kappa shape index (κ2) is 9.26. The molecule has 0 atom stereocenters. The molecule has 0 fully saturated rings. The third-order valence-electron chi connectivity index (χ3n) is 4.64. The molecule has 1 N–H and O–H groups in total. The fourth-order valence-electron chi connectivity index (χ4n) is 3.04. The maximum atomic E-state index is 12.2. The number of methoxy groups -OCH3 is 1. The summed E-state index contributed by atoms with van der Waals surface area (Å²) in [6, 6.07) is 12.7. The molecule has 0 saturated carbocycles. The second-order valence-electron chi connectivity index (χ2n) is 6.39. The largest absolute Gasteiger partial charge is 0.496 e. The molecule has 0 aliphatic heterocycles. The first-order valence-electron chi connectivity index (χ1n) is 9.08. The molecule has 2 aromatic rings. The van der Waals surface area contributed by atoms with Gasteiger partial charge in [0.1, 0.15) is 5.75 Å². The molecule has 2 aromatic carbocycles. The van der Waals surface area contributed by atoms with Crippen molar-refractivity contribution in [2.75, 3.05) is 7.11 Å². The van der Waals surface area contributed by atoms with Gasteiger partial charge in [-0.05, 0) is 60.1 Å². The van der Waals surface area contributed by atoms with Gasteiger partial charge in [-0.15, -0.1) is 0 Å². The van der Waals surface area contributed by atoms with Crippen LogP contribution in [0, 0.1) is 6.92 Å². The van der Waals surface area contributed by atoms with Crippen molar-refractivity contribution >= 4 is 5.91 Å². The number of rotatable bonds is 8. The molecule has 0 unspecified atom stereocenters. The smallest absolute Gasteiger partial charge is 0.220 e. The van der Waals surface area contributed by atoms with Gasteiger partial charge in [-0.1, -0.05) is 44.2 Å². The van der Waals surface area contributed by atoms with E-state index in [1.165, 1.54) is 16.7 Å². The normalized spacial score (nSPS) is 10.6. The molecule has 0 bridgehead atoms. The fraction of sp³-hybridized carbons (Fsp3) is 0.409. The van der Waals surface area contributed by atoms with Gasteiger partial charge in [0.25, 0.3) is 0 Å². The molecule has 0 saturated heterocycles. The molecule has 3 heteroatoms. The molecule has 25 heavy (non-hydrogen) atoms. The average molecular weight is 339 g/mol. The minimum absolute atomic E-state index is 0.0948. The van der Waals surface area contributed by atoms with E-state index in [1.807, 2.05) is 19.1 Å². The Morgan fingerprint density at radius 1 is 1.00 bits per heavy atom. The summed E-state index contributed by atoms with van der Waals surface area (Å²) in [5.74, 6) is 0.980. The van der Waals surface area contributed by atoms with E-state index in [0.717, 1.165) is 36.1 Å². The quantitative estimate of drug-likeness (QED) is 0.775. The van der Waals surface area contributed by atoms with Crippen LogP contribution in [-0.2, 0) is 30.6 Å². The van der Waals surface area contributed by atoms with Gasteiger partial charge in [0.15, 0.2) is 0 Å². The summed E-state index contributed by atoms with van der Waals surface area (Å²) in [5, 5.41) is 3.07. The number of carbonyl (C=O) groups is 1. The fourth-order valence-corrected chi connectivity index (χ4v) is 3.04. The molecule has 3 nitrogen and oxygen atoms in total. The molecule has 2 rings (SSSR count). The SMILES string of the molecule is CCc1ccc(CC)c(CNC(=O)CCc2ccc(OC)c(C)c2)c1. The molecule has 0 spiro atoms. The van der Waals surface area contributed by atoms with Crippen LogP contribution in [0.15, 0.2) is 36.4 Å². The maximum Gasteiger partial charge on any atom is 0.220 e. The van der Waals surface area contributed by atoms with Crippen LogP contribution in [0.3, 0.4) is 0 Å². The number of amides is 1. The molecular weight excluding hydrogens is 310 g/mol. The van der Waals surface area contributed by atoms with Gasteiger partial charge in [0.05, 0.1) is 7.11 Å². The van der Waals surface area contributed by atoms with E-state index in [4.69, 9.17) is 4.74 Å². The highest BCUT2D eigenvalue weighted by atomic mass is 16.5. The molecule has 134 valence electrons. The van der Waals surface area contributed by atoms with E-state index in [2.05, 4.69) is 43.4 Å². The van der Waals surface area contributed by atoms with Gasteiger partial charge in [-0.25, -0.2) is 0 Å². The van der Waals surface area contributed by atoms with Gasteiger partial charge in [0, 0.05) is 13.0 Å². The van der Waals surface area contributed by atoms with Crippen LogP contribution in [0.5, 0.6) is 5.75 Å². The summed E-state index contributed by atoms with van der Waals surface area (Å²) in [6.07, 6.45) is 3.25. The van der Waals surface area contributed by atoms with Crippen molar-refractivity contribution in [1.29, 1.82) is 0 Å². The van der Waals surface area contributed by atoms with E-state index >= 15 is 0 Å². The van der Waals surface area contributed by atoms with E-state index in [0.29, 0.717) is 13.0 Å². The molecular formula is C22H29NO2. The summed E-state index contributed by atoms with van der Waals surface area (Å²) in [7, 11) is 1.67. The number of aryl methyl sites for hydroxylation is 4. The highest BCUT2D eigenvalue weighted by molar-refractivity contribution is 5.76. The zero-order valence-corrected chi connectivity index (χ0v) is 15.8. The van der Waals surface area contributed by atoms with Crippen LogP contribution in [0.1, 0.15) is 48.1 Å². The van der Waals surface area contributed by atoms with Crippen molar-refractivity contribution in [1.82, 2.24) is 5.32 Å². The summed E-state index contributed by atoms with van der Waals surface area (Å²) in [5.41, 5.74) is 6.12. The van der Waals surface area contributed by atoms with Gasteiger partial charge < -0.3 is 10.1 Å². The van der Waals surface area contributed by atoms with Gasteiger partial charge in [-0.2, -0.15) is 0 Å². The van der Waals surface area contributed by atoms with E-state index in [1.54, 1.807) is 7.11 Å². The first kappa shape index (κ1) is 19.0. The van der Waals surface area contributed by atoms with Crippen molar-refractivity contribution in [3.63, 3.8) is 0 Å². The first-order valence-corrected chi connectivity index (χ1v) is 9.08. The molecule has 0 aromatic heterocycles. The lowest BCUT2D eigenvalue weighted by atomic mass is 10.0. The van der Waals surface area contributed by atoms with Crippen LogP contribution in [0.25, 0.3) is 0 Å². The van der Waals surface area contributed by atoms with Crippen LogP contribution in [0.4, 0.5) is 0 Å². The summed E-state index contributed by atoms with van der Waals surface area (Å²) in [6.45, 7) is 6.94. The number of carbonyl (C=O) groups excluding carboxylic acids is 1. The van der Waals surface area contributed by atoms with Crippen LogP contribution >= 0.6 is 0 Å². The standard InChI is InChI=1S/C22H29NO2/c1-5-17-7-10-19(6-2)20(14-17)15-23-22(24)12-9-18-8-11-21(25-4)16(3)13-18/h7-8,10-11,13-14H,5-6,9,12,15H2,1-4H3,(H,23,24). The van der Waals surface area contributed by atoms with Crippen molar-refractivity contribution < 1.29 is 9.53 Å². The van der Waals surface area contributed by atoms with Crippen LogP contribution in [-0.4, -0.2) is 13.0 Å². The van der Waals surface area contributed by atoms with Crippen molar-refractivity contribution in [2.45, 2.75) is 53.0 Å². The van der Waals surface area contributed by atoms with Crippen LogP contribution < -0.4 is 10.1 Å². The third-order valence-corrected chi connectivity index (χ3v) is 4.64. The van der Waals surface area contributed by atoms with E-state index in [-0.39, 0.29) is 5.91 Å². The maximum absolute atomic E-state index is 12.2. The predicted octanol–water partition coefficient (Wildman–Crippen LogP) is 4.38. The van der Waals surface area contributed by atoms with Crippen molar-refractivity contribution in [3.05, 3.63) is 64.2 Å². The van der Waals surface area contributed by atoms with Crippen molar-refractivity contribution in [3.8, 4) is 5.75 Å². The number of benzene rings is 2. The predicted molar refractivity (Wildman–Crippen MR) is 103 cm³/mol. The Morgan fingerprint density at radius 2 is 1.76 bits per heavy atom. The minimum atomic E-state index is 0.0948. The Balaban J connectivity index is 1.90. The highest BCUT2D eigenvalue weighted by Gasteiger charge is 2.07. The van der Waals surface area contributed by atoms with Crippen LogP contribution in [0.2, 0.25) is 0 Å². The second-order valence-corrected chi connectivity index (χ2v) is 6.39. The van der Waals surface area contributed by atoms with Gasteiger partial charge >= 0.3 is 0 Å². The Labute approximate surface area is 151 Å². The Bertz CT molecular complexity index is 722. The minimum Gasteiger partial charge on any atom is -0.496 e. The Morgan fingerprint density at radius 3 is 2.40 bits per heavy atom. The third kappa shape index (κ3) is 5.35. The van der Waals surface area contributed by atoms with E-state index < -0.39 is 0 Å². The number of hydrogen-bond donors (Lipinski definition) is 1. The summed E-state index contributed by atoms with van der Waals surface area (Å²) in [4.78, 5) is 12.2. The Kier molecular flexibility index (Phi) is 7.05. The monoisotopic (exact) mass is 339 g/mol. The topological polar surface area (TPSA) is 38.3 Å². The molecule has 0 aliphatic carbocycles. The van der Waals surface area contributed by atoms with Gasteiger partial charge in [-0.3, -0.25) is 4.79 Å². The molecule has 0 aliphatic rings. The van der Waals surface area contributed by atoms with Crippen molar-refractivity contribution in [2.24, 2.45) is 0 Å². The van der Waals surface area contributed by atoms with E-state index in [9.17, 15) is 4.79 Å². The zero-order valence-electron chi connectivity index (χ0n) is 15.8. The lowest BCUT2D eigenvalue weighted by molar-refractivity contribution is -0.121. The Hall–Kier alpha value is -2.29. The highest BCUT2D eigenvalue weighted by Crippen LogP contribution is 2.19. The lowest BCUT2D eigenvalue weighted by Gasteiger charge is -2.12. The number of ether oxygens (including phenoxy) is 1. The number of hydrogen-bond acceptors (Lipinski definition) is 2. The lowest BCUT2D eigenvalue weighted by Crippen LogP contribution is -2.23. The average Bonchev–Trinajstić information content (AvgIpc) is 2.64. The zero-order chi connectivity index (χ0) is 18.2. The summed E-state index contributed by atoms with van der Waals surface area (Å²) >= 11 is 0.